The van der Waals surface area contributed by atoms with Gasteiger partial charge in [0.1, 0.15) is 23.5 Å². The Balaban J connectivity index is 2.07. The molecule has 0 unspecified atom stereocenters. The van der Waals surface area contributed by atoms with Crippen molar-refractivity contribution in [2.45, 2.75) is 24.9 Å². The average Bonchev–Trinajstić information content (AvgIpc) is 2.97. The molecule has 0 bridgehead atoms. The van der Waals surface area contributed by atoms with Crippen LogP contribution in [0.3, 0.4) is 0 Å². The fraction of sp³-hybridized carbons (Fsp3) is 0.500. The van der Waals surface area contributed by atoms with Crippen molar-refractivity contribution in [3.63, 3.8) is 0 Å². The number of aromatic amines is 1. The number of aromatic nitrogens is 4. The van der Waals surface area contributed by atoms with E-state index in [1.165, 1.54) is 12.7 Å². The maximum absolute atomic E-state index is 9.73. The van der Waals surface area contributed by atoms with Crippen molar-refractivity contribution in [2.24, 2.45) is 0 Å². The molecule has 18 heavy (non-hydrogen) atoms. The van der Waals surface area contributed by atoms with Gasteiger partial charge in [-0.2, -0.15) is 0 Å². The van der Waals surface area contributed by atoms with Gasteiger partial charge in [-0.3, -0.25) is 9.98 Å². The SMILES string of the molecule is [2H]n1cnc(=N)c2ncn([C@H]3C[C@H](O)[C@@H](CO)O3)c21. The van der Waals surface area contributed by atoms with E-state index in [-0.39, 0.29) is 12.1 Å². The first-order chi connectivity index (χ1) is 9.11. The number of ether oxygens (including phenoxy) is 1. The Kier molecular flexibility index (Phi) is 2.35. The lowest BCUT2D eigenvalue weighted by Crippen LogP contribution is -2.24. The van der Waals surface area contributed by atoms with Crippen molar-refractivity contribution in [1.29, 1.82) is 5.41 Å². The number of fused-ring (bicyclic) bond motifs is 1. The third-order valence-electron chi connectivity index (χ3n) is 3.05. The minimum Gasteiger partial charge on any atom is -0.394 e. The summed E-state index contributed by atoms with van der Waals surface area (Å²) in [7, 11) is 0. The lowest BCUT2D eigenvalue weighted by atomic mass is 10.2. The van der Waals surface area contributed by atoms with Crippen LogP contribution in [0.15, 0.2) is 12.7 Å². The molecular weight excluding hydrogens is 238 g/mol. The Labute approximate surface area is 103 Å². The van der Waals surface area contributed by atoms with E-state index in [9.17, 15) is 5.11 Å². The molecule has 0 spiro atoms. The van der Waals surface area contributed by atoms with E-state index in [4.69, 9.17) is 16.7 Å². The zero-order chi connectivity index (χ0) is 13.6. The van der Waals surface area contributed by atoms with Crippen molar-refractivity contribution < 1.29 is 16.4 Å². The molecule has 0 radical (unpaired) electrons. The number of aliphatic hydroxyl groups is 2. The molecule has 3 atom stereocenters. The van der Waals surface area contributed by atoms with Crippen molar-refractivity contribution >= 4 is 11.2 Å². The Morgan fingerprint density at radius 2 is 2.50 bits per heavy atom. The molecule has 0 saturated carbocycles. The van der Waals surface area contributed by atoms with Crippen LogP contribution in [0.25, 0.3) is 11.2 Å². The Hall–Kier alpha value is -1.77. The van der Waals surface area contributed by atoms with Crippen LogP contribution in [0.5, 0.6) is 0 Å². The van der Waals surface area contributed by atoms with Gasteiger partial charge in [0.05, 0.1) is 25.4 Å². The maximum Gasteiger partial charge on any atom is 0.176 e. The second-order valence-electron chi connectivity index (χ2n) is 4.16. The predicted octanol–water partition coefficient (Wildman–Crippen LogP) is -1.12. The van der Waals surface area contributed by atoms with Gasteiger partial charge in [-0.25, -0.2) is 9.97 Å². The normalized spacial score (nSPS) is 28.8. The number of rotatable bonds is 2. The van der Waals surface area contributed by atoms with E-state index in [2.05, 4.69) is 9.97 Å². The number of aliphatic hydroxyl groups excluding tert-OH is 2. The summed E-state index contributed by atoms with van der Waals surface area (Å²) in [5.41, 5.74) is 0.647. The molecule has 8 nitrogen and oxygen atoms in total. The number of hydrogen-bond donors (Lipinski definition) is 4. The first-order valence-electron chi connectivity index (χ1n) is 5.99. The minimum absolute atomic E-state index is 0.0190. The van der Waals surface area contributed by atoms with Crippen LogP contribution in [0.4, 0.5) is 0 Å². The highest BCUT2D eigenvalue weighted by atomic mass is 16.5. The summed E-state index contributed by atoms with van der Waals surface area (Å²) in [5, 5.41) is 26.5. The Morgan fingerprint density at radius 1 is 1.67 bits per heavy atom. The Morgan fingerprint density at radius 3 is 3.22 bits per heavy atom. The van der Waals surface area contributed by atoms with Gasteiger partial charge >= 0.3 is 0 Å². The van der Waals surface area contributed by atoms with Crippen molar-refractivity contribution in [1.82, 2.24) is 19.5 Å². The molecule has 1 aliphatic heterocycles. The van der Waals surface area contributed by atoms with Crippen LogP contribution in [-0.2, 0) is 4.74 Å². The molecule has 2 aromatic heterocycles. The average molecular weight is 252 g/mol. The van der Waals surface area contributed by atoms with E-state index in [1.807, 2.05) is 0 Å². The predicted molar refractivity (Wildman–Crippen MR) is 59.4 cm³/mol. The molecular formula is C10H13N5O3. The third-order valence-corrected chi connectivity index (χ3v) is 3.05. The molecule has 0 aromatic carbocycles. The maximum atomic E-state index is 9.73. The van der Waals surface area contributed by atoms with Gasteiger partial charge < -0.3 is 19.9 Å². The topological polar surface area (TPSA) is 120 Å². The fourth-order valence-corrected chi connectivity index (χ4v) is 2.11. The molecule has 0 aliphatic carbocycles. The summed E-state index contributed by atoms with van der Waals surface area (Å²) >= 11 is 0. The molecule has 96 valence electrons. The molecule has 1 fully saturated rings. The number of H-pyrrole nitrogens is 1. The van der Waals surface area contributed by atoms with Crippen molar-refractivity contribution in [3.05, 3.63) is 18.1 Å². The zero-order valence-electron chi connectivity index (χ0n) is 10.4. The second-order valence-corrected chi connectivity index (χ2v) is 4.16. The highest BCUT2D eigenvalue weighted by molar-refractivity contribution is 5.68. The second kappa shape index (κ2) is 4.16. The number of nitrogens with zero attached hydrogens (tertiary/aromatic N) is 3. The smallest absolute Gasteiger partial charge is 0.176 e. The summed E-state index contributed by atoms with van der Waals surface area (Å²) in [6.07, 6.45) is 1.04. The van der Waals surface area contributed by atoms with Crippen molar-refractivity contribution in [3.8, 4) is 0 Å². The van der Waals surface area contributed by atoms with Gasteiger partial charge in [0.2, 0.25) is 0 Å². The van der Waals surface area contributed by atoms with Crippen LogP contribution in [0.2, 0.25) is 1.41 Å². The molecule has 4 N–H and O–H groups in total. The van der Waals surface area contributed by atoms with Crippen LogP contribution in [0, 0.1) is 5.41 Å². The first kappa shape index (κ1) is 10.2. The molecule has 1 saturated heterocycles. The zero-order valence-corrected chi connectivity index (χ0v) is 9.39. The first-order valence-corrected chi connectivity index (χ1v) is 5.54. The summed E-state index contributed by atoms with van der Waals surface area (Å²) < 4.78 is 14.9. The van der Waals surface area contributed by atoms with Crippen LogP contribution in [0.1, 0.15) is 12.6 Å². The van der Waals surface area contributed by atoms with Gasteiger partial charge in [0.25, 0.3) is 0 Å². The molecule has 0 amide bonds. The lowest BCUT2D eigenvalue weighted by Gasteiger charge is -2.13. The van der Waals surface area contributed by atoms with E-state index in [0.717, 1.165) is 4.98 Å². The molecule has 3 heterocycles. The number of nitrogens with one attached hydrogen (secondary N) is 2. The van der Waals surface area contributed by atoms with Gasteiger partial charge in [-0.1, -0.05) is 0 Å². The van der Waals surface area contributed by atoms with E-state index in [0.29, 0.717) is 17.6 Å². The fourth-order valence-electron chi connectivity index (χ4n) is 2.11. The number of imidazole rings is 1. The molecule has 2 aromatic rings. The minimum atomic E-state index is -0.760. The standard InChI is InChI=1S/C10H13N5O3/c11-9-8-10(13-3-12-9)15(4-14-8)7-1-5(17)6(2-16)18-7/h3-7,16-17H,1-2H2,(H2,11,12,13)/t5-,6+,7+/m0/s1/i/hD. The summed E-state index contributed by atoms with van der Waals surface area (Å²) in [4.78, 5) is 8.78. The largest absolute Gasteiger partial charge is 0.394 e. The van der Waals surface area contributed by atoms with E-state index in [1.54, 1.807) is 4.57 Å². The summed E-state index contributed by atoms with van der Waals surface area (Å²) in [6.45, 7) is -0.267. The molecule has 1 aliphatic rings. The highest BCUT2D eigenvalue weighted by Gasteiger charge is 2.35. The van der Waals surface area contributed by atoms with Crippen LogP contribution in [-0.4, -0.2) is 48.5 Å². The van der Waals surface area contributed by atoms with E-state index >= 15 is 0 Å². The van der Waals surface area contributed by atoms with E-state index < -0.39 is 18.4 Å². The molecule has 8 heteroatoms. The summed E-state index contributed by atoms with van der Waals surface area (Å²) in [6, 6.07) is 0. The van der Waals surface area contributed by atoms with Gasteiger partial charge in [-0.15, -0.1) is 0 Å². The Bertz CT molecular complexity index is 669. The van der Waals surface area contributed by atoms with Crippen LogP contribution < -0.4 is 5.49 Å². The van der Waals surface area contributed by atoms with Gasteiger partial charge in [0.15, 0.2) is 6.90 Å². The molecule has 3 rings (SSSR count). The highest BCUT2D eigenvalue weighted by Crippen LogP contribution is 2.29. The van der Waals surface area contributed by atoms with Gasteiger partial charge in [0, 0.05) is 6.42 Å². The number of hydrogen-bond acceptors (Lipinski definition) is 6. The van der Waals surface area contributed by atoms with Crippen LogP contribution >= 0.6 is 0 Å². The third kappa shape index (κ3) is 1.62. The monoisotopic (exact) mass is 252 g/mol. The van der Waals surface area contributed by atoms with Crippen molar-refractivity contribution in [2.75, 3.05) is 6.61 Å². The van der Waals surface area contributed by atoms with Gasteiger partial charge in [-0.05, 0) is 0 Å². The lowest BCUT2D eigenvalue weighted by molar-refractivity contribution is -0.0432. The summed E-state index contributed by atoms with van der Waals surface area (Å²) in [5.74, 6) is 0. The quantitative estimate of drug-likeness (QED) is 0.539.